The number of methoxy groups -OCH3 is 1. The number of nitrogens with one attached hydrogen (secondary N) is 1. The molecule has 90 valence electrons. The third-order valence-corrected chi connectivity index (χ3v) is 2.45. The lowest BCUT2D eigenvalue weighted by Crippen LogP contribution is -2.35. The van der Waals surface area contributed by atoms with Gasteiger partial charge in [0.2, 0.25) is 0 Å². The van der Waals surface area contributed by atoms with E-state index in [9.17, 15) is 5.11 Å². The molecule has 0 heterocycles. The molecule has 0 aromatic heterocycles. The normalized spacial score (nSPS) is 12.7. The van der Waals surface area contributed by atoms with E-state index >= 15 is 0 Å². The lowest BCUT2D eigenvalue weighted by atomic mass is 10.2. The van der Waals surface area contributed by atoms with Gasteiger partial charge in [-0.15, -0.1) is 0 Å². The summed E-state index contributed by atoms with van der Waals surface area (Å²) in [4.78, 5) is 0. The molecule has 0 aliphatic carbocycles. The summed E-state index contributed by atoms with van der Waals surface area (Å²) in [5, 5.41) is 22.2. The first-order valence-electron chi connectivity index (χ1n) is 4.98. The van der Waals surface area contributed by atoms with Gasteiger partial charge in [0.1, 0.15) is 5.75 Å². The van der Waals surface area contributed by atoms with Gasteiger partial charge in [-0.2, -0.15) is 0 Å². The van der Waals surface area contributed by atoms with Gasteiger partial charge in [-0.1, -0.05) is 11.6 Å². The van der Waals surface area contributed by atoms with E-state index in [0.717, 1.165) is 0 Å². The smallest absolute Gasteiger partial charge is 0.120 e. The van der Waals surface area contributed by atoms with Crippen molar-refractivity contribution in [3.8, 4) is 5.75 Å². The summed E-state index contributed by atoms with van der Waals surface area (Å²) >= 11 is 5.81. The van der Waals surface area contributed by atoms with Crippen LogP contribution < -0.4 is 5.32 Å². The van der Waals surface area contributed by atoms with Crippen LogP contribution in [0.1, 0.15) is 5.56 Å². The molecule has 1 atom stereocenters. The second-order valence-electron chi connectivity index (χ2n) is 3.49. The van der Waals surface area contributed by atoms with Crippen molar-refractivity contribution >= 4 is 11.6 Å². The van der Waals surface area contributed by atoms with Gasteiger partial charge in [-0.25, -0.2) is 0 Å². The maximum atomic E-state index is 9.56. The molecule has 0 aliphatic rings. The van der Waals surface area contributed by atoms with E-state index in [1.54, 1.807) is 25.3 Å². The fraction of sp³-hybridized carbons (Fsp3) is 0.455. The van der Waals surface area contributed by atoms with Crippen LogP contribution in [0.3, 0.4) is 0 Å². The Bertz CT molecular complexity index is 333. The molecule has 3 N–H and O–H groups in total. The fourth-order valence-corrected chi connectivity index (χ4v) is 1.52. The monoisotopic (exact) mass is 245 g/mol. The Morgan fingerprint density at radius 1 is 1.50 bits per heavy atom. The Balaban J connectivity index is 2.55. The van der Waals surface area contributed by atoms with E-state index < -0.39 is 0 Å². The summed E-state index contributed by atoms with van der Waals surface area (Å²) in [5.41, 5.74) is 0.696. The number of aromatic hydroxyl groups is 1. The second-order valence-corrected chi connectivity index (χ2v) is 3.93. The van der Waals surface area contributed by atoms with Crippen molar-refractivity contribution in [2.45, 2.75) is 12.6 Å². The minimum Gasteiger partial charge on any atom is -0.508 e. The van der Waals surface area contributed by atoms with Crippen molar-refractivity contribution in [2.24, 2.45) is 0 Å². The Morgan fingerprint density at radius 2 is 2.25 bits per heavy atom. The zero-order valence-corrected chi connectivity index (χ0v) is 9.87. The van der Waals surface area contributed by atoms with Crippen molar-refractivity contribution in [3.63, 3.8) is 0 Å². The maximum Gasteiger partial charge on any atom is 0.120 e. The molecule has 0 saturated heterocycles. The van der Waals surface area contributed by atoms with E-state index in [0.29, 0.717) is 23.7 Å². The molecule has 0 fully saturated rings. The summed E-state index contributed by atoms with van der Waals surface area (Å²) < 4.78 is 4.93. The summed E-state index contributed by atoms with van der Waals surface area (Å²) in [5.74, 6) is 0.186. The number of phenols is 1. The van der Waals surface area contributed by atoms with Crippen LogP contribution in [0.25, 0.3) is 0 Å². The van der Waals surface area contributed by atoms with Crippen molar-refractivity contribution in [3.05, 3.63) is 28.8 Å². The Labute approximate surface area is 99.8 Å². The van der Waals surface area contributed by atoms with Gasteiger partial charge in [-0.3, -0.25) is 0 Å². The van der Waals surface area contributed by atoms with Crippen LogP contribution in [0.2, 0.25) is 5.02 Å². The van der Waals surface area contributed by atoms with Crippen LogP contribution >= 0.6 is 11.6 Å². The molecular weight excluding hydrogens is 230 g/mol. The highest BCUT2D eigenvalue weighted by Gasteiger charge is 2.08. The molecule has 0 saturated carbocycles. The Morgan fingerprint density at radius 3 is 2.88 bits per heavy atom. The average Bonchev–Trinajstić information content (AvgIpc) is 2.28. The number of hydrogen-bond donors (Lipinski definition) is 3. The highest BCUT2D eigenvalue weighted by molar-refractivity contribution is 6.30. The summed E-state index contributed by atoms with van der Waals surface area (Å²) in [6, 6.07) is 4.71. The average molecular weight is 246 g/mol. The van der Waals surface area contributed by atoms with E-state index in [4.69, 9.17) is 21.4 Å². The maximum absolute atomic E-state index is 9.56. The molecule has 1 aromatic rings. The number of aliphatic hydroxyl groups is 1. The number of hydrogen-bond acceptors (Lipinski definition) is 4. The quantitative estimate of drug-likeness (QED) is 0.704. The lowest BCUT2D eigenvalue weighted by Gasteiger charge is -2.15. The topological polar surface area (TPSA) is 61.7 Å². The number of rotatable bonds is 6. The highest BCUT2D eigenvalue weighted by Crippen LogP contribution is 2.21. The molecule has 1 rings (SSSR count). The van der Waals surface area contributed by atoms with Gasteiger partial charge in [0.15, 0.2) is 0 Å². The van der Waals surface area contributed by atoms with Gasteiger partial charge in [0, 0.05) is 24.2 Å². The molecule has 4 nitrogen and oxygen atoms in total. The van der Waals surface area contributed by atoms with E-state index in [1.807, 2.05) is 0 Å². The summed E-state index contributed by atoms with van der Waals surface area (Å²) in [7, 11) is 1.57. The third-order valence-electron chi connectivity index (χ3n) is 2.21. The number of phenolic OH excluding ortho intramolecular Hbond substituents is 1. The molecule has 0 bridgehead atoms. The molecular formula is C11H16ClNO3. The highest BCUT2D eigenvalue weighted by atomic mass is 35.5. The first-order chi connectivity index (χ1) is 7.67. The number of ether oxygens (including phenoxy) is 1. The predicted octanol–water partition coefficient (Wildman–Crippen LogP) is 1.14. The van der Waals surface area contributed by atoms with Gasteiger partial charge in [0.25, 0.3) is 0 Å². The standard InChI is InChI=1S/C11H16ClNO3/c1-16-7-10(6-14)13-5-8-4-9(12)2-3-11(8)15/h2-4,10,13-15H,5-7H2,1H3. The minimum atomic E-state index is -0.150. The molecule has 0 amide bonds. The minimum absolute atomic E-state index is 0.0187. The van der Waals surface area contributed by atoms with Gasteiger partial charge in [-0.05, 0) is 18.2 Å². The van der Waals surface area contributed by atoms with E-state index in [1.165, 1.54) is 0 Å². The van der Waals surface area contributed by atoms with Crippen LogP contribution in [0.4, 0.5) is 0 Å². The summed E-state index contributed by atoms with van der Waals surface area (Å²) in [6.45, 7) is 0.827. The zero-order valence-electron chi connectivity index (χ0n) is 9.11. The lowest BCUT2D eigenvalue weighted by molar-refractivity contribution is 0.128. The van der Waals surface area contributed by atoms with Crippen molar-refractivity contribution in [2.75, 3.05) is 20.3 Å². The van der Waals surface area contributed by atoms with Crippen LogP contribution in [-0.4, -0.2) is 36.6 Å². The number of aliphatic hydroxyl groups excluding tert-OH is 1. The summed E-state index contributed by atoms with van der Waals surface area (Å²) in [6.07, 6.45) is 0. The van der Waals surface area contributed by atoms with Crippen molar-refractivity contribution in [1.29, 1.82) is 0 Å². The Kier molecular flexibility index (Phi) is 5.55. The first-order valence-corrected chi connectivity index (χ1v) is 5.35. The van der Waals surface area contributed by atoms with Crippen LogP contribution in [0, 0.1) is 0 Å². The van der Waals surface area contributed by atoms with Crippen LogP contribution in [0.15, 0.2) is 18.2 Å². The SMILES string of the molecule is COCC(CO)NCc1cc(Cl)ccc1O. The fourth-order valence-electron chi connectivity index (χ4n) is 1.33. The van der Waals surface area contributed by atoms with Gasteiger partial charge in [0.05, 0.1) is 19.3 Å². The second kappa shape index (κ2) is 6.70. The van der Waals surface area contributed by atoms with Crippen molar-refractivity contribution in [1.82, 2.24) is 5.32 Å². The third kappa shape index (κ3) is 3.98. The Hall–Kier alpha value is -0.810. The van der Waals surface area contributed by atoms with E-state index in [2.05, 4.69) is 5.32 Å². The molecule has 0 aliphatic heterocycles. The molecule has 5 heteroatoms. The first kappa shape index (κ1) is 13.3. The zero-order chi connectivity index (χ0) is 12.0. The van der Waals surface area contributed by atoms with Crippen LogP contribution in [-0.2, 0) is 11.3 Å². The van der Waals surface area contributed by atoms with Gasteiger partial charge < -0.3 is 20.3 Å². The largest absolute Gasteiger partial charge is 0.508 e. The van der Waals surface area contributed by atoms with E-state index in [-0.39, 0.29) is 18.4 Å². The molecule has 0 spiro atoms. The van der Waals surface area contributed by atoms with Crippen molar-refractivity contribution < 1.29 is 14.9 Å². The molecule has 1 aromatic carbocycles. The van der Waals surface area contributed by atoms with Crippen LogP contribution in [0.5, 0.6) is 5.75 Å². The molecule has 0 radical (unpaired) electrons. The molecule has 16 heavy (non-hydrogen) atoms. The molecule has 1 unspecified atom stereocenters. The van der Waals surface area contributed by atoms with Gasteiger partial charge >= 0.3 is 0 Å². The number of benzene rings is 1. The number of halogens is 1. The predicted molar refractivity (Wildman–Crippen MR) is 62.7 cm³/mol.